The summed E-state index contributed by atoms with van der Waals surface area (Å²) in [5.74, 6) is 2.25. The number of benzene rings is 2. The molecule has 2 aromatic heterocycles. The maximum absolute atomic E-state index is 13.3. The fraction of sp³-hybridized carbons (Fsp3) is 0.387. The van der Waals surface area contributed by atoms with Crippen molar-refractivity contribution < 1.29 is 23.1 Å². The number of carbonyl (C=O) groups is 1. The van der Waals surface area contributed by atoms with Gasteiger partial charge in [0.1, 0.15) is 28.5 Å². The first-order valence-electron chi connectivity index (χ1n) is 14.0. The molecule has 2 saturated heterocycles. The van der Waals surface area contributed by atoms with Gasteiger partial charge in [-0.15, -0.1) is 0 Å². The third-order valence-corrected chi connectivity index (χ3v) is 9.25. The van der Waals surface area contributed by atoms with Crippen molar-refractivity contribution in [3.63, 3.8) is 0 Å². The Bertz CT molecular complexity index is 1660. The lowest BCUT2D eigenvalue weighted by atomic mass is 9.86. The van der Waals surface area contributed by atoms with Gasteiger partial charge in [-0.1, -0.05) is 36.4 Å². The number of hydrogen-bond acceptors (Lipinski definition) is 5. The Labute approximate surface area is 234 Å². The molecular formula is C31H30F3N5O2. The van der Waals surface area contributed by atoms with Crippen molar-refractivity contribution in [3.05, 3.63) is 83.4 Å². The number of nitrogens with zero attached hydrogens (tertiary/aromatic N) is 4. The van der Waals surface area contributed by atoms with E-state index in [0.717, 1.165) is 49.2 Å². The Hall–Kier alpha value is -3.92. The standard InChI is InChI=1S/C31H30F3N5O2/c1-30(41,21-3-2-4-22(15-21)31(32,33)34)20-8-5-17(6-9-20)25-26-27(35)36-11-12-38(26)28(37-25)18-7-10-23-13-19-14-24(19)29(40)39(23)16-18/h2-6,8-9,11-12,15,18-19,23-24,41H,7,10,13-14,16H2,1H3,(H2,35,36). The van der Waals surface area contributed by atoms with Crippen LogP contribution in [-0.4, -0.2) is 42.9 Å². The molecule has 5 unspecified atom stereocenters. The SMILES string of the molecule is CC(O)(c1ccc(-c2nc(C3CCC4CC5CC5C(=O)N4C3)n3ccnc(N)c23)cc1)c1cccc(C(F)(F)F)c1. The molecule has 41 heavy (non-hydrogen) atoms. The monoisotopic (exact) mass is 561 g/mol. The Morgan fingerprint density at radius 2 is 1.78 bits per heavy atom. The summed E-state index contributed by atoms with van der Waals surface area (Å²) < 4.78 is 41.8. The van der Waals surface area contributed by atoms with Gasteiger partial charge >= 0.3 is 6.18 Å². The summed E-state index contributed by atoms with van der Waals surface area (Å²) in [5, 5.41) is 11.3. The molecule has 1 amide bonds. The highest BCUT2D eigenvalue weighted by Gasteiger charge is 2.53. The van der Waals surface area contributed by atoms with E-state index < -0.39 is 17.3 Å². The summed E-state index contributed by atoms with van der Waals surface area (Å²) in [7, 11) is 0. The summed E-state index contributed by atoms with van der Waals surface area (Å²) in [5.41, 5.74) is 6.49. The molecule has 10 heteroatoms. The molecule has 2 aromatic carbocycles. The average molecular weight is 562 g/mol. The number of fused-ring (bicyclic) bond motifs is 3. The number of piperidine rings is 2. The number of rotatable bonds is 4. The Kier molecular flexibility index (Phi) is 5.74. The molecule has 3 fully saturated rings. The van der Waals surface area contributed by atoms with Gasteiger partial charge < -0.3 is 15.7 Å². The Balaban J connectivity index is 1.22. The first-order valence-corrected chi connectivity index (χ1v) is 14.0. The van der Waals surface area contributed by atoms with Crippen molar-refractivity contribution in [3.8, 4) is 11.3 Å². The number of imidazole rings is 1. The van der Waals surface area contributed by atoms with Gasteiger partial charge in [0.05, 0.1) is 5.56 Å². The van der Waals surface area contributed by atoms with E-state index in [-0.39, 0.29) is 23.3 Å². The molecule has 4 aromatic rings. The predicted octanol–water partition coefficient (Wildman–Crippen LogP) is 5.37. The number of carbonyl (C=O) groups excluding carboxylic acids is 1. The largest absolute Gasteiger partial charge is 0.416 e. The second kappa shape index (κ2) is 9.04. The number of nitrogen functional groups attached to an aromatic ring is 1. The van der Waals surface area contributed by atoms with Gasteiger partial charge in [-0.2, -0.15) is 13.2 Å². The smallest absolute Gasteiger partial charge is 0.382 e. The topological polar surface area (TPSA) is 96.8 Å². The number of hydrogen-bond donors (Lipinski definition) is 2. The number of aliphatic hydroxyl groups is 1. The van der Waals surface area contributed by atoms with Crippen LogP contribution in [0.1, 0.15) is 61.0 Å². The molecule has 7 nitrogen and oxygen atoms in total. The molecule has 3 aliphatic rings. The van der Waals surface area contributed by atoms with E-state index in [1.165, 1.54) is 19.1 Å². The predicted molar refractivity (Wildman–Crippen MR) is 147 cm³/mol. The highest BCUT2D eigenvalue weighted by Crippen LogP contribution is 2.51. The lowest BCUT2D eigenvalue weighted by molar-refractivity contribution is -0.140. The molecule has 1 aliphatic carbocycles. The summed E-state index contributed by atoms with van der Waals surface area (Å²) >= 11 is 0. The number of nitrogens with two attached hydrogens (primary N) is 1. The molecule has 2 aliphatic heterocycles. The van der Waals surface area contributed by atoms with Gasteiger partial charge in [0.25, 0.3) is 0 Å². The molecule has 212 valence electrons. The van der Waals surface area contributed by atoms with E-state index in [0.29, 0.717) is 41.1 Å². The highest BCUT2D eigenvalue weighted by molar-refractivity contribution is 5.86. The maximum atomic E-state index is 13.3. The van der Waals surface area contributed by atoms with E-state index >= 15 is 0 Å². The van der Waals surface area contributed by atoms with Gasteiger partial charge in [0.2, 0.25) is 5.91 Å². The molecule has 5 atom stereocenters. The maximum Gasteiger partial charge on any atom is 0.416 e. The zero-order valence-corrected chi connectivity index (χ0v) is 22.5. The fourth-order valence-electron chi connectivity index (χ4n) is 6.82. The lowest BCUT2D eigenvalue weighted by Crippen LogP contribution is -2.50. The molecule has 0 spiro atoms. The van der Waals surface area contributed by atoms with Crippen molar-refractivity contribution in [2.24, 2.45) is 11.8 Å². The third-order valence-electron chi connectivity index (χ3n) is 9.25. The van der Waals surface area contributed by atoms with Crippen molar-refractivity contribution in [2.75, 3.05) is 12.3 Å². The summed E-state index contributed by atoms with van der Waals surface area (Å²) in [6.07, 6.45) is 2.96. The molecule has 1 saturated carbocycles. The third kappa shape index (κ3) is 4.27. The molecule has 3 N–H and O–H groups in total. The van der Waals surface area contributed by atoms with Crippen molar-refractivity contribution in [2.45, 2.75) is 56.3 Å². The van der Waals surface area contributed by atoms with E-state index in [9.17, 15) is 23.1 Å². The summed E-state index contributed by atoms with van der Waals surface area (Å²) in [4.78, 5) is 24.4. The molecule has 0 radical (unpaired) electrons. The van der Waals surface area contributed by atoms with E-state index in [1.807, 2.05) is 10.6 Å². The molecular weight excluding hydrogens is 531 g/mol. The minimum Gasteiger partial charge on any atom is -0.382 e. The van der Waals surface area contributed by atoms with Crippen molar-refractivity contribution in [1.29, 1.82) is 0 Å². The van der Waals surface area contributed by atoms with Crippen LogP contribution in [0.15, 0.2) is 60.9 Å². The lowest BCUT2D eigenvalue weighted by Gasteiger charge is -2.42. The van der Waals surface area contributed by atoms with E-state index in [1.54, 1.807) is 30.5 Å². The van der Waals surface area contributed by atoms with Crippen LogP contribution in [-0.2, 0) is 16.6 Å². The van der Waals surface area contributed by atoms with Gasteiger partial charge in [0.15, 0.2) is 0 Å². The number of amides is 1. The van der Waals surface area contributed by atoms with Crippen LogP contribution < -0.4 is 5.73 Å². The van der Waals surface area contributed by atoms with Crippen LogP contribution in [0.4, 0.5) is 19.0 Å². The normalized spacial score (nSPS) is 25.5. The second-order valence-corrected chi connectivity index (χ2v) is 11.8. The zero-order valence-electron chi connectivity index (χ0n) is 22.5. The second-order valence-electron chi connectivity index (χ2n) is 11.8. The van der Waals surface area contributed by atoms with Crippen LogP contribution in [0.25, 0.3) is 16.8 Å². The summed E-state index contributed by atoms with van der Waals surface area (Å²) in [6, 6.07) is 12.0. The van der Waals surface area contributed by atoms with E-state index in [4.69, 9.17) is 10.7 Å². The Morgan fingerprint density at radius 3 is 2.54 bits per heavy atom. The Morgan fingerprint density at radius 1 is 1.02 bits per heavy atom. The molecule has 0 bridgehead atoms. The van der Waals surface area contributed by atoms with Crippen LogP contribution in [0.5, 0.6) is 0 Å². The first kappa shape index (κ1) is 26.0. The zero-order chi connectivity index (χ0) is 28.7. The van der Waals surface area contributed by atoms with Gasteiger partial charge in [-0.3, -0.25) is 9.20 Å². The molecule has 4 heterocycles. The number of aromatic nitrogens is 3. The number of halogens is 3. The van der Waals surface area contributed by atoms with Crippen molar-refractivity contribution >= 4 is 17.2 Å². The van der Waals surface area contributed by atoms with Crippen LogP contribution >= 0.6 is 0 Å². The van der Waals surface area contributed by atoms with Crippen molar-refractivity contribution in [1.82, 2.24) is 19.3 Å². The quantitative estimate of drug-likeness (QED) is 0.349. The van der Waals surface area contributed by atoms with Crippen LogP contribution in [0.2, 0.25) is 0 Å². The minimum absolute atomic E-state index is 0.0504. The van der Waals surface area contributed by atoms with Crippen LogP contribution in [0, 0.1) is 11.8 Å². The summed E-state index contributed by atoms with van der Waals surface area (Å²) in [6.45, 7) is 2.11. The van der Waals surface area contributed by atoms with Gasteiger partial charge in [-0.05, 0) is 61.8 Å². The van der Waals surface area contributed by atoms with Gasteiger partial charge in [0, 0.05) is 42.4 Å². The minimum atomic E-state index is -4.51. The van der Waals surface area contributed by atoms with Crippen LogP contribution in [0.3, 0.4) is 0 Å². The van der Waals surface area contributed by atoms with E-state index in [2.05, 4.69) is 9.88 Å². The highest BCUT2D eigenvalue weighted by atomic mass is 19.4. The average Bonchev–Trinajstić information content (AvgIpc) is 3.63. The number of alkyl halides is 3. The first-order chi connectivity index (χ1) is 19.5. The fourth-order valence-corrected chi connectivity index (χ4v) is 6.82. The van der Waals surface area contributed by atoms with Gasteiger partial charge in [-0.25, -0.2) is 9.97 Å². The number of anilines is 1. The molecule has 7 rings (SSSR count).